The molecule has 0 atom stereocenters. The van der Waals surface area contributed by atoms with Gasteiger partial charge in [-0.25, -0.2) is 8.42 Å². The molecular weight excluding hydrogens is 372 g/mol. The van der Waals surface area contributed by atoms with Crippen LogP contribution in [0.1, 0.15) is 17.3 Å². The van der Waals surface area contributed by atoms with Gasteiger partial charge in [-0.2, -0.15) is 4.31 Å². The van der Waals surface area contributed by atoms with Crippen molar-refractivity contribution in [2.75, 3.05) is 25.7 Å². The number of sulfonamides is 1. The second kappa shape index (κ2) is 7.37. The van der Waals surface area contributed by atoms with Crippen LogP contribution < -0.4 is 14.8 Å². The van der Waals surface area contributed by atoms with Gasteiger partial charge in [-0.05, 0) is 31.2 Å². The van der Waals surface area contributed by atoms with Gasteiger partial charge in [0.15, 0.2) is 17.3 Å². The first kappa shape index (κ1) is 18.9. The SMILES string of the molecule is CC(=O)c1ccc(S(=O)(=O)N(C)CC(=O)Nc2ccc3c(c2)OCO3)cc1. The van der Waals surface area contributed by atoms with E-state index in [1.165, 1.54) is 38.2 Å². The van der Waals surface area contributed by atoms with Gasteiger partial charge in [0.1, 0.15) is 0 Å². The lowest BCUT2D eigenvalue weighted by molar-refractivity contribution is -0.116. The number of nitrogens with zero attached hydrogens (tertiary/aromatic N) is 1. The van der Waals surface area contributed by atoms with Crippen molar-refractivity contribution in [3.05, 3.63) is 48.0 Å². The predicted molar refractivity (Wildman–Crippen MR) is 97.5 cm³/mol. The summed E-state index contributed by atoms with van der Waals surface area (Å²) in [4.78, 5) is 23.5. The molecule has 1 aliphatic heterocycles. The molecule has 9 heteroatoms. The van der Waals surface area contributed by atoms with Crippen LogP contribution in [0.2, 0.25) is 0 Å². The molecule has 1 N–H and O–H groups in total. The molecule has 0 radical (unpaired) electrons. The van der Waals surface area contributed by atoms with Gasteiger partial charge in [-0.3, -0.25) is 9.59 Å². The number of likely N-dealkylation sites (N-methyl/N-ethyl adjacent to an activating group) is 1. The molecule has 0 bridgehead atoms. The van der Waals surface area contributed by atoms with Crippen LogP contribution in [0.3, 0.4) is 0 Å². The van der Waals surface area contributed by atoms with Crippen LogP contribution in [0.5, 0.6) is 11.5 Å². The smallest absolute Gasteiger partial charge is 0.243 e. The van der Waals surface area contributed by atoms with Crippen molar-refractivity contribution in [2.45, 2.75) is 11.8 Å². The number of fused-ring (bicyclic) bond motifs is 1. The van der Waals surface area contributed by atoms with Gasteiger partial charge in [-0.15, -0.1) is 0 Å². The van der Waals surface area contributed by atoms with Gasteiger partial charge in [0.25, 0.3) is 0 Å². The Morgan fingerprint density at radius 2 is 1.74 bits per heavy atom. The van der Waals surface area contributed by atoms with Crippen molar-refractivity contribution in [3.63, 3.8) is 0 Å². The summed E-state index contributed by atoms with van der Waals surface area (Å²) in [7, 11) is -2.55. The number of hydrogen-bond donors (Lipinski definition) is 1. The maximum Gasteiger partial charge on any atom is 0.243 e. The molecule has 0 aliphatic carbocycles. The van der Waals surface area contributed by atoms with Crippen molar-refractivity contribution in [3.8, 4) is 11.5 Å². The first-order chi connectivity index (χ1) is 12.8. The van der Waals surface area contributed by atoms with E-state index in [0.717, 1.165) is 4.31 Å². The fourth-order valence-corrected chi connectivity index (χ4v) is 3.63. The zero-order valence-electron chi connectivity index (χ0n) is 14.8. The molecule has 0 aromatic heterocycles. The lowest BCUT2D eigenvalue weighted by atomic mass is 10.2. The van der Waals surface area contributed by atoms with E-state index < -0.39 is 15.9 Å². The molecule has 1 heterocycles. The zero-order chi connectivity index (χ0) is 19.6. The summed E-state index contributed by atoms with van der Waals surface area (Å²) in [6.07, 6.45) is 0. The topological polar surface area (TPSA) is 102 Å². The van der Waals surface area contributed by atoms with Crippen molar-refractivity contribution in [1.29, 1.82) is 0 Å². The Labute approximate surface area is 156 Å². The van der Waals surface area contributed by atoms with E-state index in [2.05, 4.69) is 5.32 Å². The minimum atomic E-state index is -3.86. The minimum Gasteiger partial charge on any atom is -0.454 e. The van der Waals surface area contributed by atoms with Crippen LogP contribution >= 0.6 is 0 Å². The fraction of sp³-hybridized carbons (Fsp3) is 0.222. The Morgan fingerprint density at radius 3 is 2.41 bits per heavy atom. The maximum absolute atomic E-state index is 12.6. The van der Waals surface area contributed by atoms with Gasteiger partial charge < -0.3 is 14.8 Å². The molecule has 0 saturated carbocycles. The summed E-state index contributed by atoms with van der Waals surface area (Å²) in [5, 5.41) is 2.62. The molecule has 3 rings (SSSR count). The molecule has 0 fully saturated rings. The molecule has 0 spiro atoms. The largest absolute Gasteiger partial charge is 0.454 e. The second-order valence-electron chi connectivity index (χ2n) is 5.96. The summed E-state index contributed by atoms with van der Waals surface area (Å²) >= 11 is 0. The van der Waals surface area contributed by atoms with E-state index in [1.54, 1.807) is 18.2 Å². The Bertz CT molecular complexity index is 985. The third kappa shape index (κ3) is 4.09. The highest BCUT2D eigenvalue weighted by atomic mass is 32.2. The van der Waals surface area contributed by atoms with Gasteiger partial charge in [0.2, 0.25) is 22.7 Å². The number of amides is 1. The van der Waals surface area contributed by atoms with Crippen molar-refractivity contribution >= 4 is 27.4 Å². The standard InChI is InChI=1S/C18H18N2O6S/c1-12(21)13-3-6-15(7-4-13)27(23,24)20(2)10-18(22)19-14-5-8-16-17(9-14)26-11-25-16/h3-9H,10-11H2,1-2H3,(H,19,22). The van der Waals surface area contributed by atoms with Crippen molar-refractivity contribution in [1.82, 2.24) is 4.31 Å². The van der Waals surface area contributed by atoms with E-state index >= 15 is 0 Å². The number of benzene rings is 2. The van der Waals surface area contributed by atoms with Gasteiger partial charge in [0.05, 0.1) is 11.4 Å². The number of ether oxygens (including phenoxy) is 2. The van der Waals surface area contributed by atoms with Crippen LogP contribution in [0, 0.1) is 0 Å². The third-order valence-corrected chi connectivity index (χ3v) is 5.81. The van der Waals surface area contributed by atoms with Gasteiger partial charge in [-0.1, -0.05) is 12.1 Å². The van der Waals surface area contributed by atoms with Crippen LogP contribution in [-0.2, 0) is 14.8 Å². The Hall–Kier alpha value is -2.91. The van der Waals surface area contributed by atoms with E-state index in [1.807, 2.05) is 0 Å². The van der Waals surface area contributed by atoms with Crippen LogP contribution in [0.25, 0.3) is 0 Å². The molecule has 1 aliphatic rings. The van der Waals surface area contributed by atoms with E-state index in [0.29, 0.717) is 22.7 Å². The molecule has 2 aromatic carbocycles. The molecule has 0 saturated heterocycles. The second-order valence-corrected chi connectivity index (χ2v) is 8.00. The Balaban J connectivity index is 1.67. The molecule has 142 valence electrons. The number of nitrogens with one attached hydrogen (secondary N) is 1. The van der Waals surface area contributed by atoms with Gasteiger partial charge >= 0.3 is 0 Å². The average molecular weight is 390 g/mol. The molecule has 2 aromatic rings. The number of rotatable bonds is 6. The minimum absolute atomic E-state index is 0.00544. The summed E-state index contributed by atoms with van der Waals surface area (Å²) in [6.45, 7) is 1.15. The monoisotopic (exact) mass is 390 g/mol. The van der Waals surface area contributed by atoms with Gasteiger partial charge in [0, 0.05) is 24.4 Å². The first-order valence-electron chi connectivity index (χ1n) is 8.04. The number of carbonyl (C=O) groups is 2. The molecule has 0 unspecified atom stereocenters. The molecular formula is C18H18N2O6S. The van der Waals surface area contributed by atoms with E-state index in [-0.39, 0.29) is 24.0 Å². The lowest BCUT2D eigenvalue weighted by Crippen LogP contribution is -2.35. The maximum atomic E-state index is 12.6. The summed E-state index contributed by atoms with van der Waals surface area (Å²) in [6, 6.07) is 10.5. The highest BCUT2D eigenvalue weighted by Crippen LogP contribution is 2.34. The average Bonchev–Trinajstić information content (AvgIpc) is 3.09. The summed E-state index contributed by atoms with van der Waals surface area (Å²) in [5.41, 5.74) is 0.887. The third-order valence-electron chi connectivity index (χ3n) is 3.99. The fourth-order valence-electron chi connectivity index (χ4n) is 2.50. The Kier molecular flexibility index (Phi) is 5.15. The first-order valence-corrected chi connectivity index (χ1v) is 9.48. The van der Waals surface area contributed by atoms with Crippen LogP contribution in [-0.4, -0.2) is 44.8 Å². The number of carbonyl (C=O) groups excluding carboxylic acids is 2. The number of ketones is 1. The van der Waals surface area contributed by atoms with Crippen molar-refractivity contribution in [2.24, 2.45) is 0 Å². The van der Waals surface area contributed by atoms with E-state index in [9.17, 15) is 18.0 Å². The van der Waals surface area contributed by atoms with Crippen LogP contribution in [0.15, 0.2) is 47.4 Å². The number of hydrogen-bond acceptors (Lipinski definition) is 6. The Morgan fingerprint density at radius 1 is 1.07 bits per heavy atom. The van der Waals surface area contributed by atoms with Crippen LogP contribution in [0.4, 0.5) is 5.69 Å². The summed E-state index contributed by atoms with van der Waals surface area (Å²) < 4.78 is 36.5. The zero-order valence-corrected chi connectivity index (χ0v) is 15.6. The molecule has 8 nitrogen and oxygen atoms in total. The highest BCUT2D eigenvalue weighted by Gasteiger charge is 2.23. The molecule has 27 heavy (non-hydrogen) atoms. The number of Topliss-reactive ketones (excluding diaryl/α,β-unsaturated/α-hetero) is 1. The highest BCUT2D eigenvalue weighted by molar-refractivity contribution is 7.89. The normalized spacial score (nSPS) is 12.9. The predicted octanol–water partition coefficient (Wildman–Crippen LogP) is 1.88. The quantitative estimate of drug-likeness (QED) is 0.756. The molecule has 1 amide bonds. The van der Waals surface area contributed by atoms with Crippen molar-refractivity contribution < 1.29 is 27.5 Å². The lowest BCUT2D eigenvalue weighted by Gasteiger charge is -2.17. The number of anilines is 1. The van der Waals surface area contributed by atoms with E-state index in [4.69, 9.17) is 9.47 Å². The summed E-state index contributed by atoms with van der Waals surface area (Å²) in [5.74, 6) is 0.441.